The minimum atomic E-state index is -0.897. The zero-order valence-corrected chi connectivity index (χ0v) is 26.4. The molecule has 5 rings (SSSR count). The first-order chi connectivity index (χ1) is 21.1. The van der Waals surface area contributed by atoms with Gasteiger partial charge >= 0.3 is 5.97 Å². The van der Waals surface area contributed by atoms with E-state index in [9.17, 15) is 19.7 Å². The summed E-state index contributed by atoms with van der Waals surface area (Å²) in [6.07, 6.45) is 2.80. The van der Waals surface area contributed by atoms with Crippen molar-refractivity contribution < 1.29 is 23.6 Å². The quantitative estimate of drug-likeness (QED) is 0.125. The first-order valence-corrected chi connectivity index (χ1v) is 15.2. The van der Waals surface area contributed by atoms with Gasteiger partial charge in [-0.05, 0) is 69.2 Å². The molecule has 0 aliphatic carbocycles. The van der Waals surface area contributed by atoms with Crippen LogP contribution in [0, 0.1) is 24.0 Å². The molecule has 44 heavy (non-hydrogen) atoms. The monoisotopic (exact) mass is 635 g/mol. The number of rotatable bonds is 9. The number of thiazole rings is 1. The van der Waals surface area contributed by atoms with E-state index in [0.717, 1.165) is 16.9 Å². The van der Waals surface area contributed by atoms with Gasteiger partial charge in [-0.2, -0.15) is 0 Å². The zero-order valence-electron chi connectivity index (χ0n) is 24.8. The third-order valence-corrected chi connectivity index (χ3v) is 8.62. The predicted octanol–water partition coefficient (Wildman–Crippen LogP) is 6.03. The number of carbonyl (C=O) groups excluding carboxylic acids is 1. The number of benzene rings is 2. The van der Waals surface area contributed by atoms with Crippen LogP contribution in [0.1, 0.15) is 55.2 Å². The average molecular weight is 636 g/mol. The van der Waals surface area contributed by atoms with Crippen LogP contribution in [-0.2, 0) is 9.53 Å². The lowest BCUT2D eigenvalue weighted by Crippen LogP contribution is -2.40. The summed E-state index contributed by atoms with van der Waals surface area (Å²) >= 11 is 7.57. The number of methoxy groups -OCH3 is 1. The van der Waals surface area contributed by atoms with Gasteiger partial charge in [-0.3, -0.25) is 19.5 Å². The van der Waals surface area contributed by atoms with Crippen molar-refractivity contribution in [3.8, 4) is 17.1 Å². The number of halogens is 1. The van der Waals surface area contributed by atoms with Gasteiger partial charge in [-0.25, -0.2) is 9.79 Å². The molecule has 10 nitrogen and oxygen atoms in total. The number of hydrogen-bond acceptors (Lipinski definition) is 9. The molecule has 0 radical (unpaired) electrons. The van der Waals surface area contributed by atoms with Gasteiger partial charge in [-0.1, -0.05) is 36.3 Å². The highest BCUT2D eigenvalue weighted by atomic mass is 35.5. The molecular weight excluding hydrogens is 606 g/mol. The second kappa shape index (κ2) is 12.6. The Balaban J connectivity index is 1.69. The molecule has 2 aromatic heterocycles. The molecule has 228 valence electrons. The summed E-state index contributed by atoms with van der Waals surface area (Å²) < 4.78 is 18.9. The number of nitro benzene ring substituents is 1. The van der Waals surface area contributed by atoms with Crippen LogP contribution in [0.5, 0.6) is 5.75 Å². The summed E-state index contributed by atoms with van der Waals surface area (Å²) in [4.78, 5) is 43.8. The summed E-state index contributed by atoms with van der Waals surface area (Å²) in [7, 11) is 1.51. The van der Waals surface area contributed by atoms with Gasteiger partial charge in [0.1, 0.15) is 23.3 Å². The Bertz CT molecular complexity index is 2000. The fourth-order valence-corrected chi connectivity index (χ4v) is 6.40. The smallest absolute Gasteiger partial charge is 0.338 e. The second-order valence-electron chi connectivity index (χ2n) is 10.2. The zero-order chi connectivity index (χ0) is 31.7. The van der Waals surface area contributed by atoms with Gasteiger partial charge in [0.2, 0.25) is 0 Å². The minimum absolute atomic E-state index is 0.00277. The normalized spacial score (nSPS) is 14.8. The van der Waals surface area contributed by atoms with Crippen molar-refractivity contribution in [2.75, 3.05) is 13.7 Å². The van der Waals surface area contributed by atoms with Gasteiger partial charge in [0, 0.05) is 33.9 Å². The van der Waals surface area contributed by atoms with Crippen molar-refractivity contribution in [1.82, 2.24) is 4.57 Å². The summed E-state index contributed by atoms with van der Waals surface area (Å²) in [6, 6.07) is 10.8. The maximum atomic E-state index is 14.1. The molecule has 0 bridgehead atoms. The molecule has 1 aliphatic rings. The van der Waals surface area contributed by atoms with Crippen LogP contribution < -0.4 is 19.6 Å². The molecule has 2 aromatic carbocycles. The Kier molecular flexibility index (Phi) is 8.89. The maximum absolute atomic E-state index is 14.1. The molecule has 3 heterocycles. The number of fused-ring (bicyclic) bond motifs is 1. The fraction of sp³-hybridized carbons (Fsp3) is 0.281. The Morgan fingerprint density at radius 1 is 1.20 bits per heavy atom. The van der Waals surface area contributed by atoms with Crippen LogP contribution in [-0.4, -0.2) is 29.2 Å². The predicted molar refractivity (Wildman–Crippen MR) is 168 cm³/mol. The number of aryl methyl sites for hydroxylation is 1. The largest absolute Gasteiger partial charge is 0.496 e. The highest BCUT2D eigenvalue weighted by Crippen LogP contribution is 2.38. The molecule has 1 aliphatic heterocycles. The van der Waals surface area contributed by atoms with Crippen LogP contribution in [0.4, 0.5) is 5.69 Å². The fourth-order valence-electron chi connectivity index (χ4n) is 5.22. The molecule has 0 amide bonds. The lowest BCUT2D eigenvalue weighted by Gasteiger charge is -2.27. The molecule has 0 unspecified atom stereocenters. The van der Waals surface area contributed by atoms with Crippen LogP contribution in [0.3, 0.4) is 0 Å². The standard InChI is InChI=1S/C32H30ClN3O7S/c1-6-8-23-28(31(38)42-7-2)29(22-15-20(33)9-11-26(22)41-5)35-30(37)27(44-32(35)34-23)16-21-10-12-25(43-21)19-13-17(3)18(4)24(14-19)36(39)40/h9-16,29H,6-8H2,1-5H3/b27-16+/t29-/m1/s1. The lowest BCUT2D eigenvalue weighted by molar-refractivity contribution is -0.385. The van der Waals surface area contributed by atoms with E-state index < -0.39 is 22.5 Å². The van der Waals surface area contributed by atoms with Crippen LogP contribution >= 0.6 is 22.9 Å². The molecule has 0 fully saturated rings. The molecule has 0 saturated carbocycles. The number of nitrogens with zero attached hydrogens (tertiary/aromatic N) is 3. The molecule has 12 heteroatoms. The van der Waals surface area contributed by atoms with Crippen molar-refractivity contribution in [3.63, 3.8) is 0 Å². The summed E-state index contributed by atoms with van der Waals surface area (Å²) in [6.45, 7) is 7.36. The van der Waals surface area contributed by atoms with E-state index in [1.54, 1.807) is 57.2 Å². The van der Waals surface area contributed by atoms with Crippen LogP contribution in [0.25, 0.3) is 17.4 Å². The number of ether oxygens (including phenoxy) is 2. The van der Waals surface area contributed by atoms with Crippen LogP contribution in [0.15, 0.2) is 67.9 Å². The van der Waals surface area contributed by atoms with E-state index in [-0.39, 0.29) is 17.9 Å². The SMILES string of the molecule is CCCC1=C(C(=O)OCC)[C@@H](c2cc(Cl)ccc2OC)n2c(s/c(=C/c3ccc(-c4cc(C)c(C)c([N+](=O)[O-])c4)o3)c2=O)=N1. The first-order valence-electron chi connectivity index (χ1n) is 14.0. The number of aromatic nitrogens is 1. The number of hydrogen-bond donors (Lipinski definition) is 0. The molecule has 4 aromatic rings. The summed E-state index contributed by atoms with van der Waals surface area (Å²) in [5.41, 5.74) is 2.82. The number of esters is 1. The van der Waals surface area contributed by atoms with E-state index in [4.69, 9.17) is 30.5 Å². The number of furan rings is 1. The molecule has 0 spiro atoms. The average Bonchev–Trinajstić information content (AvgIpc) is 3.58. The Labute approximate surface area is 261 Å². The van der Waals surface area contributed by atoms with Gasteiger partial charge in [0.15, 0.2) is 4.80 Å². The highest BCUT2D eigenvalue weighted by molar-refractivity contribution is 7.07. The van der Waals surface area contributed by atoms with Crippen molar-refractivity contribution in [3.05, 3.63) is 111 Å². The van der Waals surface area contributed by atoms with E-state index in [1.165, 1.54) is 17.7 Å². The maximum Gasteiger partial charge on any atom is 0.338 e. The third kappa shape index (κ3) is 5.72. The topological polar surface area (TPSA) is 126 Å². The minimum Gasteiger partial charge on any atom is -0.496 e. The van der Waals surface area contributed by atoms with Crippen LogP contribution in [0.2, 0.25) is 5.02 Å². The van der Waals surface area contributed by atoms with E-state index >= 15 is 0 Å². The van der Waals surface area contributed by atoms with E-state index in [0.29, 0.717) is 66.9 Å². The Morgan fingerprint density at radius 2 is 1.98 bits per heavy atom. The number of nitro groups is 1. The van der Waals surface area contributed by atoms with E-state index in [2.05, 4.69) is 0 Å². The lowest BCUT2D eigenvalue weighted by atomic mass is 9.93. The molecule has 0 saturated heterocycles. The number of carbonyl (C=O) groups is 1. The van der Waals surface area contributed by atoms with Gasteiger partial charge < -0.3 is 13.9 Å². The van der Waals surface area contributed by atoms with Crippen molar-refractivity contribution in [2.24, 2.45) is 4.99 Å². The van der Waals surface area contributed by atoms with Crippen molar-refractivity contribution in [2.45, 2.75) is 46.6 Å². The Morgan fingerprint density at radius 3 is 2.66 bits per heavy atom. The van der Waals surface area contributed by atoms with E-state index in [1.807, 2.05) is 13.0 Å². The molecule has 0 N–H and O–H groups in total. The van der Waals surface area contributed by atoms with Crippen molar-refractivity contribution in [1.29, 1.82) is 0 Å². The molecule has 1 atom stereocenters. The summed E-state index contributed by atoms with van der Waals surface area (Å²) in [5, 5.41) is 12.0. The second-order valence-corrected chi connectivity index (χ2v) is 11.6. The van der Waals surface area contributed by atoms with Gasteiger partial charge in [0.25, 0.3) is 11.2 Å². The molecular formula is C32H30ClN3O7S. The van der Waals surface area contributed by atoms with Crippen molar-refractivity contribution >= 4 is 40.7 Å². The number of allylic oxidation sites excluding steroid dienone is 1. The first kappa shape index (κ1) is 31.0. The summed E-state index contributed by atoms with van der Waals surface area (Å²) in [5.74, 6) is 0.680. The van der Waals surface area contributed by atoms with Gasteiger partial charge in [-0.15, -0.1) is 0 Å². The highest BCUT2D eigenvalue weighted by Gasteiger charge is 2.36. The third-order valence-electron chi connectivity index (χ3n) is 7.40. The van der Waals surface area contributed by atoms with Gasteiger partial charge in [0.05, 0.1) is 34.4 Å². The Hall–Kier alpha value is -4.48.